The first-order chi connectivity index (χ1) is 12.4. The molecule has 0 bridgehead atoms. The minimum Gasteiger partial charge on any atom is -0.497 e. The lowest BCUT2D eigenvalue weighted by Crippen LogP contribution is -2.15. The molecule has 0 unspecified atom stereocenters. The van der Waals surface area contributed by atoms with Crippen molar-refractivity contribution in [2.75, 3.05) is 20.8 Å². The Hall–Kier alpha value is -3.13. The third-order valence-corrected chi connectivity index (χ3v) is 3.74. The van der Waals surface area contributed by atoms with Gasteiger partial charge in [-0.25, -0.2) is 4.79 Å². The number of carbonyl (C=O) groups excluding carboxylic acids is 2. The van der Waals surface area contributed by atoms with Crippen molar-refractivity contribution in [2.45, 2.75) is 0 Å². The van der Waals surface area contributed by atoms with E-state index in [1.165, 1.54) is 26.4 Å². The van der Waals surface area contributed by atoms with E-state index in [1.54, 1.807) is 12.1 Å². The van der Waals surface area contributed by atoms with Crippen LogP contribution in [0.1, 0.15) is 20.7 Å². The van der Waals surface area contributed by atoms with Crippen LogP contribution in [0.4, 0.5) is 5.69 Å². The lowest BCUT2D eigenvalue weighted by Gasteiger charge is -2.10. The zero-order valence-corrected chi connectivity index (χ0v) is 14.6. The normalized spacial score (nSPS) is 10.1. The topological polar surface area (TPSA) is 105 Å². The molecule has 2 rings (SSSR count). The second-order valence-corrected chi connectivity index (χ2v) is 5.39. The van der Waals surface area contributed by atoms with Crippen LogP contribution in [0.5, 0.6) is 11.5 Å². The second kappa shape index (κ2) is 8.30. The van der Waals surface area contributed by atoms with Crippen molar-refractivity contribution in [1.82, 2.24) is 0 Å². The molecule has 0 radical (unpaired) electrons. The lowest BCUT2D eigenvalue weighted by molar-refractivity contribution is -0.384. The predicted molar refractivity (Wildman–Crippen MR) is 92.3 cm³/mol. The van der Waals surface area contributed by atoms with Crippen molar-refractivity contribution < 1.29 is 28.7 Å². The van der Waals surface area contributed by atoms with Gasteiger partial charge in [0.25, 0.3) is 5.69 Å². The summed E-state index contributed by atoms with van der Waals surface area (Å²) in [5, 5.41) is 10.5. The molecule has 0 aromatic heterocycles. The van der Waals surface area contributed by atoms with Crippen LogP contribution < -0.4 is 9.47 Å². The van der Waals surface area contributed by atoms with Crippen LogP contribution in [-0.2, 0) is 4.74 Å². The van der Waals surface area contributed by atoms with E-state index in [0.29, 0.717) is 11.5 Å². The highest BCUT2D eigenvalue weighted by Crippen LogP contribution is 2.25. The van der Waals surface area contributed by atoms with Gasteiger partial charge in [-0.3, -0.25) is 14.9 Å². The van der Waals surface area contributed by atoms with Gasteiger partial charge in [0.15, 0.2) is 6.61 Å². The molecular formula is C17H14ClNO7. The van der Waals surface area contributed by atoms with Crippen molar-refractivity contribution in [3.8, 4) is 11.5 Å². The van der Waals surface area contributed by atoms with E-state index in [4.69, 9.17) is 25.8 Å². The Bertz CT molecular complexity index is 866. The van der Waals surface area contributed by atoms with Gasteiger partial charge in [0.2, 0.25) is 5.78 Å². The van der Waals surface area contributed by atoms with Crippen LogP contribution in [0, 0.1) is 10.1 Å². The van der Waals surface area contributed by atoms with Crippen molar-refractivity contribution in [3.05, 3.63) is 62.7 Å². The summed E-state index contributed by atoms with van der Waals surface area (Å²) in [4.78, 5) is 34.4. The fourth-order valence-corrected chi connectivity index (χ4v) is 2.35. The van der Waals surface area contributed by atoms with Crippen LogP contribution in [-0.4, -0.2) is 37.5 Å². The number of non-ortho nitro benzene ring substituents is 1. The molecule has 0 saturated heterocycles. The van der Waals surface area contributed by atoms with E-state index < -0.39 is 23.3 Å². The van der Waals surface area contributed by atoms with Gasteiger partial charge in [0.05, 0.1) is 35.3 Å². The van der Waals surface area contributed by atoms with Crippen LogP contribution in [0.3, 0.4) is 0 Å². The summed E-state index contributed by atoms with van der Waals surface area (Å²) in [6, 6.07) is 7.97. The number of carbonyl (C=O) groups is 2. The number of nitro benzene ring substituents is 1. The van der Waals surface area contributed by atoms with E-state index in [0.717, 1.165) is 12.1 Å². The molecule has 0 N–H and O–H groups in total. The fraction of sp³-hybridized carbons (Fsp3) is 0.176. The maximum absolute atomic E-state index is 12.3. The summed E-state index contributed by atoms with van der Waals surface area (Å²) in [6.07, 6.45) is 0. The average Bonchev–Trinajstić information content (AvgIpc) is 2.64. The summed E-state index contributed by atoms with van der Waals surface area (Å²) >= 11 is 5.86. The van der Waals surface area contributed by atoms with Crippen molar-refractivity contribution in [2.24, 2.45) is 0 Å². The molecule has 26 heavy (non-hydrogen) atoms. The van der Waals surface area contributed by atoms with Gasteiger partial charge >= 0.3 is 5.97 Å². The summed E-state index contributed by atoms with van der Waals surface area (Å²) < 4.78 is 15.1. The van der Waals surface area contributed by atoms with Crippen LogP contribution >= 0.6 is 11.6 Å². The molecule has 8 nitrogen and oxygen atoms in total. The summed E-state index contributed by atoms with van der Waals surface area (Å²) in [6.45, 7) is -0.560. The SMILES string of the molecule is COc1ccc(OC)c(C(=O)COC(=O)c2ccc([N+](=O)[O-])cc2Cl)c1. The minimum absolute atomic E-state index is 0.0809. The highest BCUT2D eigenvalue weighted by Gasteiger charge is 2.19. The smallest absolute Gasteiger partial charge is 0.340 e. The molecule has 0 amide bonds. The van der Waals surface area contributed by atoms with Gasteiger partial charge in [-0.05, 0) is 24.3 Å². The van der Waals surface area contributed by atoms with E-state index >= 15 is 0 Å². The zero-order valence-electron chi connectivity index (χ0n) is 13.9. The summed E-state index contributed by atoms with van der Waals surface area (Å²) in [5.74, 6) is -0.633. The van der Waals surface area contributed by atoms with Gasteiger partial charge in [-0.1, -0.05) is 11.6 Å². The van der Waals surface area contributed by atoms with Crippen LogP contribution in [0.2, 0.25) is 5.02 Å². The number of hydrogen-bond donors (Lipinski definition) is 0. The van der Waals surface area contributed by atoms with Crippen molar-refractivity contribution >= 4 is 29.0 Å². The Morgan fingerprint density at radius 3 is 2.38 bits per heavy atom. The molecule has 9 heteroatoms. The Kier molecular flexibility index (Phi) is 6.13. The Balaban J connectivity index is 2.12. The molecule has 0 atom stereocenters. The highest BCUT2D eigenvalue weighted by molar-refractivity contribution is 6.33. The lowest BCUT2D eigenvalue weighted by atomic mass is 10.1. The Morgan fingerprint density at radius 1 is 1.08 bits per heavy atom. The summed E-state index contributed by atoms with van der Waals surface area (Å²) in [7, 11) is 2.86. The van der Waals surface area contributed by atoms with E-state index in [-0.39, 0.29) is 21.8 Å². The van der Waals surface area contributed by atoms with E-state index in [2.05, 4.69) is 0 Å². The molecule has 0 spiro atoms. The zero-order chi connectivity index (χ0) is 19.3. The monoisotopic (exact) mass is 379 g/mol. The van der Waals surface area contributed by atoms with Gasteiger partial charge in [-0.2, -0.15) is 0 Å². The van der Waals surface area contributed by atoms with Gasteiger partial charge < -0.3 is 14.2 Å². The average molecular weight is 380 g/mol. The molecule has 0 aliphatic carbocycles. The minimum atomic E-state index is -0.875. The Morgan fingerprint density at radius 2 is 1.81 bits per heavy atom. The van der Waals surface area contributed by atoms with Crippen LogP contribution in [0.25, 0.3) is 0 Å². The Labute approximate surface area is 153 Å². The number of Topliss-reactive ketones (excluding diaryl/α,β-unsaturated/α-hetero) is 1. The number of benzene rings is 2. The first-order valence-electron chi connectivity index (χ1n) is 7.23. The van der Waals surface area contributed by atoms with Gasteiger partial charge in [0.1, 0.15) is 11.5 Å². The summed E-state index contributed by atoms with van der Waals surface area (Å²) in [5.41, 5.74) is -0.152. The number of nitrogens with zero attached hydrogens (tertiary/aromatic N) is 1. The molecule has 0 aliphatic heterocycles. The highest BCUT2D eigenvalue weighted by atomic mass is 35.5. The van der Waals surface area contributed by atoms with E-state index in [1.807, 2.05) is 0 Å². The second-order valence-electron chi connectivity index (χ2n) is 4.99. The molecule has 0 saturated carbocycles. The third-order valence-electron chi connectivity index (χ3n) is 3.42. The first kappa shape index (κ1) is 19.2. The molecular weight excluding hydrogens is 366 g/mol. The first-order valence-corrected chi connectivity index (χ1v) is 7.61. The van der Waals surface area contributed by atoms with Gasteiger partial charge in [0, 0.05) is 12.1 Å². The predicted octanol–water partition coefficient (Wildman–Crippen LogP) is 3.31. The number of hydrogen-bond acceptors (Lipinski definition) is 7. The molecule has 0 fully saturated rings. The molecule has 2 aromatic carbocycles. The largest absolute Gasteiger partial charge is 0.497 e. The number of halogens is 1. The number of ether oxygens (including phenoxy) is 3. The maximum Gasteiger partial charge on any atom is 0.340 e. The number of ketones is 1. The van der Waals surface area contributed by atoms with Crippen LogP contribution in [0.15, 0.2) is 36.4 Å². The van der Waals surface area contributed by atoms with Crippen molar-refractivity contribution in [3.63, 3.8) is 0 Å². The number of esters is 1. The third kappa shape index (κ3) is 4.28. The number of rotatable bonds is 7. The van der Waals surface area contributed by atoms with Crippen molar-refractivity contribution in [1.29, 1.82) is 0 Å². The van der Waals surface area contributed by atoms with E-state index in [9.17, 15) is 19.7 Å². The number of nitro groups is 1. The number of methoxy groups -OCH3 is 2. The molecule has 136 valence electrons. The molecule has 2 aromatic rings. The standard InChI is InChI=1S/C17H14ClNO7/c1-24-11-4-6-16(25-2)13(8-11)15(20)9-26-17(21)12-5-3-10(19(22)23)7-14(12)18/h3-8H,9H2,1-2H3. The maximum atomic E-state index is 12.3. The molecule has 0 heterocycles. The molecule has 0 aliphatic rings. The fourth-order valence-electron chi connectivity index (χ4n) is 2.10. The quantitative estimate of drug-likeness (QED) is 0.314. The van der Waals surface area contributed by atoms with Gasteiger partial charge in [-0.15, -0.1) is 0 Å².